The van der Waals surface area contributed by atoms with E-state index < -0.39 is 0 Å². The van der Waals surface area contributed by atoms with Crippen LogP contribution in [-0.2, 0) is 13.0 Å². The summed E-state index contributed by atoms with van der Waals surface area (Å²) in [5, 5.41) is 7.47. The Hall–Kier alpha value is -0.940. The summed E-state index contributed by atoms with van der Waals surface area (Å²) in [5.74, 6) is 1.55. The molecule has 5 nitrogen and oxygen atoms in total. The molecule has 5 heteroatoms. The highest BCUT2D eigenvalue weighted by molar-refractivity contribution is 4.88. The maximum Gasteiger partial charge on any atom is 0.226 e. The number of aromatic nitrogens is 2. The van der Waals surface area contributed by atoms with Gasteiger partial charge in [-0.25, -0.2) is 0 Å². The Bertz CT molecular complexity index is 333. The third-order valence-corrected chi connectivity index (χ3v) is 3.35. The molecule has 0 amide bonds. The number of rotatable bonds is 5. The number of likely N-dealkylation sites (N-methyl/N-ethyl adjacent to an activating group) is 1. The summed E-state index contributed by atoms with van der Waals surface area (Å²) in [4.78, 5) is 6.80. The molecule has 0 aromatic carbocycles. The van der Waals surface area contributed by atoms with E-state index in [1.807, 2.05) is 6.92 Å². The van der Waals surface area contributed by atoms with Crippen molar-refractivity contribution in [1.29, 1.82) is 0 Å². The molecule has 2 heterocycles. The van der Waals surface area contributed by atoms with Gasteiger partial charge in [-0.15, -0.1) is 0 Å². The maximum absolute atomic E-state index is 5.14. The number of hydrogen-bond acceptors (Lipinski definition) is 5. The third-order valence-electron chi connectivity index (χ3n) is 3.35. The van der Waals surface area contributed by atoms with Gasteiger partial charge in [-0.3, -0.25) is 4.90 Å². The van der Waals surface area contributed by atoms with E-state index in [9.17, 15) is 0 Å². The van der Waals surface area contributed by atoms with Crippen LogP contribution in [0.4, 0.5) is 0 Å². The van der Waals surface area contributed by atoms with E-state index in [0.29, 0.717) is 6.04 Å². The van der Waals surface area contributed by atoms with Gasteiger partial charge in [0, 0.05) is 19.0 Å². The van der Waals surface area contributed by atoms with E-state index in [4.69, 9.17) is 4.52 Å². The number of nitrogens with zero attached hydrogens (tertiary/aromatic N) is 3. The van der Waals surface area contributed by atoms with Crippen LogP contribution in [0.25, 0.3) is 0 Å². The minimum Gasteiger partial charge on any atom is -0.339 e. The molecule has 1 aliphatic rings. The summed E-state index contributed by atoms with van der Waals surface area (Å²) in [6.07, 6.45) is 3.33. The zero-order valence-corrected chi connectivity index (χ0v) is 10.8. The van der Waals surface area contributed by atoms with Crippen LogP contribution < -0.4 is 5.32 Å². The van der Waals surface area contributed by atoms with Gasteiger partial charge in [0.1, 0.15) is 0 Å². The molecule has 0 saturated carbocycles. The molecule has 1 unspecified atom stereocenters. The predicted octanol–water partition coefficient (Wildman–Crippen LogP) is 1.21. The fourth-order valence-corrected chi connectivity index (χ4v) is 2.32. The van der Waals surface area contributed by atoms with E-state index in [2.05, 4.69) is 27.3 Å². The summed E-state index contributed by atoms with van der Waals surface area (Å²) >= 11 is 0. The van der Waals surface area contributed by atoms with Gasteiger partial charge in [-0.1, -0.05) is 19.0 Å². The Kier molecular flexibility index (Phi) is 4.50. The first kappa shape index (κ1) is 12.5. The van der Waals surface area contributed by atoms with Crippen molar-refractivity contribution < 1.29 is 4.52 Å². The van der Waals surface area contributed by atoms with Crippen molar-refractivity contribution in [3.8, 4) is 0 Å². The van der Waals surface area contributed by atoms with Crippen molar-refractivity contribution >= 4 is 0 Å². The first-order chi connectivity index (χ1) is 8.33. The monoisotopic (exact) mass is 238 g/mol. The molecular weight excluding hydrogens is 216 g/mol. The molecule has 1 saturated heterocycles. The molecule has 1 aromatic rings. The molecule has 0 radical (unpaired) electrons. The fraction of sp³-hybridized carbons (Fsp3) is 0.833. The van der Waals surface area contributed by atoms with E-state index in [1.54, 1.807) is 0 Å². The van der Waals surface area contributed by atoms with Gasteiger partial charge in [-0.05, 0) is 25.9 Å². The number of hydrogen-bond donors (Lipinski definition) is 1. The first-order valence-electron chi connectivity index (χ1n) is 6.59. The predicted molar refractivity (Wildman–Crippen MR) is 65.7 cm³/mol. The Morgan fingerprint density at radius 3 is 2.94 bits per heavy atom. The molecule has 1 aliphatic heterocycles. The van der Waals surface area contributed by atoms with E-state index in [-0.39, 0.29) is 0 Å². The highest BCUT2D eigenvalue weighted by Gasteiger charge is 2.21. The van der Waals surface area contributed by atoms with E-state index in [1.165, 1.54) is 12.8 Å². The quantitative estimate of drug-likeness (QED) is 0.835. The summed E-state index contributed by atoms with van der Waals surface area (Å²) in [6, 6.07) is 0.609. The van der Waals surface area contributed by atoms with Crippen molar-refractivity contribution in [2.45, 2.75) is 45.7 Å². The molecule has 2 rings (SSSR count). The van der Waals surface area contributed by atoms with Crippen molar-refractivity contribution in [3.63, 3.8) is 0 Å². The van der Waals surface area contributed by atoms with Gasteiger partial charge in [0.15, 0.2) is 5.82 Å². The van der Waals surface area contributed by atoms with Crippen LogP contribution in [-0.4, -0.2) is 40.7 Å². The molecule has 0 bridgehead atoms. The molecule has 1 atom stereocenters. The van der Waals surface area contributed by atoms with Crippen LogP contribution in [0.3, 0.4) is 0 Å². The smallest absolute Gasteiger partial charge is 0.226 e. The van der Waals surface area contributed by atoms with Crippen molar-refractivity contribution in [3.05, 3.63) is 11.7 Å². The number of nitrogens with one attached hydrogen (secondary N) is 1. The molecular formula is C12H22N4O. The molecule has 96 valence electrons. The normalized spacial score (nSPS) is 21.0. The lowest BCUT2D eigenvalue weighted by molar-refractivity contribution is 0.160. The molecule has 0 spiro atoms. The average Bonchev–Trinajstić information content (AvgIpc) is 2.84. The number of aryl methyl sites for hydroxylation is 1. The summed E-state index contributed by atoms with van der Waals surface area (Å²) < 4.78 is 5.14. The van der Waals surface area contributed by atoms with Gasteiger partial charge in [0.2, 0.25) is 5.89 Å². The Balaban J connectivity index is 1.93. The zero-order valence-electron chi connectivity index (χ0n) is 10.8. The zero-order chi connectivity index (χ0) is 12.1. The second-order valence-electron chi connectivity index (χ2n) is 4.52. The minimum absolute atomic E-state index is 0.609. The molecule has 1 N–H and O–H groups in total. The lowest BCUT2D eigenvalue weighted by Crippen LogP contribution is -2.45. The average molecular weight is 238 g/mol. The van der Waals surface area contributed by atoms with Crippen LogP contribution in [0.1, 0.15) is 38.4 Å². The van der Waals surface area contributed by atoms with Gasteiger partial charge in [0.05, 0.1) is 6.54 Å². The second kappa shape index (κ2) is 6.12. The van der Waals surface area contributed by atoms with Crippen LogP contribution in [0, 0.1) is 0 Å². The van der Waals surface area contributed by atoms with E-state index in [0.717, 1.165) is 44.3 Å². The van der Waals surface area contributed by atoms with Crippen LogP contribution >= 0.6 is 0 Å². The topological polar surface area (TPSA) is 54.2 Å². The summed E-state index contributed by atoms with van der Waals surface area (Å²) in [6.45, 7) is 8.27. The van der Waals surface area contributed by atoms with Gasteiger partial charge in [0.25, 0.3) is 0 Å². The fourth-order valence-electron chi connectivity index (χ4n) is 2.32. The Morgan fingerprint density at radius 1 is 1.47 bits per heavy atom. The van der Waals surface area contributed by atoms with Crippen LogP contribution in [0.2, 0.25) is 0 Å². The van der Waals surface area contributed by atoms with Crippen LogP contribution in [0.5, 0.6) is 0 Å². The first-order valence-corrected chi connectivity index (χ1v) is 6.59. The molecule has 1 aromatic heterocycles. The van der Waals surface area contributed by atoms with Crippen LogP contribution in [0.15, 0.2) is 4.52 Å². The summed E-state index contributed by atoms with van der Waals surface area (Å²) in [7, 11) is 0. The summed E-state index contributed by atoms with van der Waals surface area (Å²) in [5.41, 5.74) is 0. The van der Waals surface area contributed by atoms with Gasteiger partial charge >= 0.3 is 0 Å². The minimum atomic E-state index is 0.609. The highest BCUT2D eigenvalue weighted by Crippen LogP contribution is 2.13. The standard InChI is InChI=1S/C12H22N4O/c1-3-12-14-11(15-17-12)9-16(4-2)10-6-5-7-13-8-10/h10,13H,3-9H2,1-2H3. The van der Waals surface area contributed by atoms with Crippen molar-refractivity contribution in [2.24, 2.45) is 0 Å². The largest absolute Gasteiger partial charge is 0.339 e. The van der Waals surface area contributed by atoms with Crippen molar-refractivity contribution in [2.75, 3.05) is 19.6 Å². The maximum atomic E-state index is 5.14. The second-order valence-corrected chi connectivity index (χ2v) is 4.52. The Labute approximate surface area is 103 Å². The lowest BCUT2D eigenvalue weighted by Gasteiger charge is -2.32. The highest BCUT2D eigenvalue weighted by atomic mass is 16.5. The molecule has 0 aliphatic carbocycles. The number of piperidine rings is 1. The van der Waals surface area contributed by atoms with Gasteiger partial charge < -0.3 is 9.84 Å². The molecule has 17 heavy (non-hydrogen) atoms. The van der Waals surface area contributed by atoms with Crippen molar-refractivity contribution in [1.82, 2.24) is 20.4 Å². The third kappa shape index (κ3) is 3.26. The van der Waals surface area contributed by atoms with Gasteiger partial charge in [-0.2, -0.15) is 4.98 Å². The lowest BCUT2D eigenvalue weighted by atomic mass is 10.1. The SMILES string of the molecule is CCc1nc(CN(CC)C2CCCNC2)no1. The molecule has 1 fully saturated rings. The van der Waals surface area contributed by atoms with E-state index >= 15 is 0 Å². The Morgan fingerprint density at radius 2 is 2.35 bits per heavy atom.